The van der Waals surface area contributed by atoms with E-state index in [0.717, 1.165) is 12.1 Å². The molecule has 1 fully saturated rings. The first kappa shape index (κ1) is 9.59. The fourth-order valence-corrected chi connectivity index (χ4v) is 2.12. The molecule has 1 heterocycles. The first-order valence-electron chi connectivity index (χ1n) is 5.21. The monoisotopic (exact) mass is 191 g/mol. The minimum Gasteiger partial charge on any atom is -0.323 e. The first-order valence-corrected chi connectivity index (χ1v) is 5.21. The molecule has 1 unspecified atom stereocenters. The Labute approximate surface area is 84.8 Å². The van der Waals surface area contributed by atoms with Gasteiger partial charge in [-0.1, -0.05) is 13.3 Å². The molecule has 76 valence electrons. The SMILES string of the molecule is CC1(CC(N)c2cnccn2)CCC1. The molecule has 0 aliphatic heterocycles. The molecule has 0 bridgehead atoms. The lowest BCUT2D eigenvalue weighted by molar-refractivity contribution is 0.133. The van der Waals surface area contributed by atoms with Crippen LogP contribution >= 0.6 is 0 Å². The molecule has 1 aliphatic rings. The zero-order chi connectivity index (χ0) is 10.0. The number of nitrogens with zero attached hydrogens (tertiary/aromatic N) is 2. The Bertz CT molecular complexity index is 293. The molecule has 3 nitrogen and oxygen atoms in total. The molecule has 0 spiro atoms. The fourth-order valence-electron chi connectivity index (χ4n) is 2.12. The van der Waals surface area contributed by atoms with Crippen LogP contribution in [-0.2, 0) is 0 Å². The maximum atomic E-state index is 6.09. The van der Waals surface area contributed by atoms with Crippen molar-refractivity contribution in [1.82, 2.24) is 9.97 Å². The minimum absolute atomic E-state index is 0.0500. The summed E-state index contributed by atoms with van der Waals surface area (Å²) in [6.07, 6.45) is 10.2. The lowest BCUT2D eigenvalue weighted by atomic mass is 9.67. The molecule has 1 saturated carbocycles. The summed E-state index contributed by atoms with van der Waals surface area (Å²) >= 11 is 0. The van der Waals surface area contributed by atoms with Gasteiger partial charge < -0.3 is 5.73 Å². The zero-order valence-corrected chi connectivity index (χ0v) is 8.61. The Balaban J connectivity index is 1.99. The van der Waals surface area contributed by atoms with E-state index in [2.05, 4.69) is 16.9 Å². The van der Waals surface area contributed by atoms with Crippen molar-refractivity contribution in [3.05, 3.63) is 24.3 Å². The van der Waals surface area contributed by atoms with Gasteiger partial charge in [-0.25, -0.2) is 0 Å². The van der Waals surface area contributed by atoms with Crippen LogP contribution in [0, 0.1) is 5.41 Å². The second-order valence-electron chi connectivity index (χ2n) is 4.61. The van der Waals surface area contributed by atoms with Crippen LogP contribution in [-0.4, -0.2) is 9.97 Å². The highest BCUT2D eigenvalue weighted by Gasteiger charge is 2.33. The molecule has 1 aliphatic carbocycles. The first-order chi connectivity index (χ1) is 6.70. The summed E-state index contributed by atoms with van der Waals surface area (Å²) in [5, 5.41) is 0. The lowest BCUT2D eigenvalue weighted by Crippen LogP contribution is -2.30. The second-order valence-corrected chi connectivity index (χ2v) is 4.61. The number of nitrogens with two attached hydrogens (primary N) is 1. The average molecular weight is 191 g/mol. The van der Waals surface area contributed by atoms with Crippen molar-refractivity contribution in [3.63, 3.8) is 0 Å². The third-order valence-corrected chi connectivity index (χ3v) is 3.24. The normalized spacial score (nSPS) is 21.3. The van der Waals surface area contributed by atoms with Crippen molar-refractivity contribution >= 4 is 0 Å². The summed E-state index contributed by atoms with van der Waals surface area (Å²) < 4.78 is 0. The van der Waals surface area contributed by atoms with E-state index in [0.29, 0.717) is 5.41 Å². The Morgan fingerprint density at radius 3 is 2.79 bits per heavy atom. The number of rotatable bonds is 3. The van der Waals surface area contributed by atoms with E-state index in [-0.39, 0.29) is 6.04 Å². The molecule has 2 N–H and O–H groups in total. The van der Waals surface area contributed by atoms with Crippen LogP contribution in [0.4, 0.5) is 0 Å². The highest BCUT2D eigenvalue weighted by atomic mass is 14.8. The summed E-state index contributed by atoms with van der Waals surface area (Å²) in [7, 11) is 0. The standard InChI is InChI=1S/C11H17N3/c1-11(3-2-4-11)7-9(12)10-8-13-5-6-14-10/h5-6,8-9H,2-4,7,12H2,1H3. The maximum absolute atomic E-state index is 6.09. The van der Waals surface area contributed by atoms with Gasteiger partial charge in [0.15, 0.2) is 0 Å². The van der Waals surface area contributed by atoms with Gasteiger partial charge in [-0.3, -0.25) is 9.97 Å². The van der Waals surface area contributed by atoms with Crippen LogP contribution in [0.1, 0.15) is 44.3 Å². The summed E-state index contributed by atoms with van der Waals surface area (Å²) in [6, 6.07) is 0.0500. The highest BCUT2D eigenvalue weighted by Crippen LogP contribution is 2.45. The quantitative estimate of drug-likeness (QED) is 0.795. The molecular weight excluding hydrogens is 174 g/mol. The molecule has 0 aromatic carbocycles. The largest absolute Gasteiger partial charge is 0.323 e. The van der Waals surface area contributed by atoms with Crippen LogP contribution in [0.25, 0.3) is 0 Å². The van der Waals surface area contributed by atoms with E-state index in [4.69, 9.17) is 5.73 Å². The van der Waals surface area contributed by atoms with E-state index < -0.39 is 0 Å². The van der Waals surface area contributed by atoms with Crippen molar-refractivity contribution in [3.8, 4) is 0 Å². The molecule has 1 atom stereocenters. The van der Waals surface area contributed by atoms with Crippen molar-refractivity contribution in [2.75, 3.05) is 0 Å². The summed E-state index contributed by atoms with van der Waals surface area (Å²) in [5.74, 6) is 0. The van der Waals surface area contributed by atoms with E-state index in [9.17, 15) is 0 Å². The van der Waals surface area contributed by atoms with E-state index in [1.54, 1.807) is 18.6 Å². The van der Waals surface area contributed by atoms with Gasteiger partial charge in [0, 0.05) is 24.6 Å². The van der Waals surface area contributed by atoms with Crippen molar-refractivity contribution < 1.29 is 0 Å². The van der Waals surface area contributed by atoms with Gasteiger partial charge >= 0.3 is 0 Å². The zero-order valence-electron chi connectivity index (χ0n) is 8.61. The Morgan fingerprint density at radius 1 is 1.50 bits per heavy atom. The molecule has 0 radical (unpaired) electrons. The third kappa shape index (κ3) is 1.93. The predicted molar refractivity (Wildman–Crippen MR) is 55.5 cm³/mol. The summed E-state index contributed by atoms with van der Waals surface area (Å²) in [6.45, 7) is 2.31. The Morgan fingerprint density at radius 2 is 2.29 bits per heavy atom. The summed E-state index contributed by atoms with van der Waals surface area (Å²) in [4.78, 5) is 8.27. The van der Waals surface area contributed by atoms with Crippen LogP contribution in [0.15, 0.2) is 18.6 Å². The predicted octanol–water partition coefficient (Wildman–Crippen LogP) is 2.06. The molecule has 1 aromatic rings. The van der Waals surface area contributed by atoms with E-state index in [1.807, 2.05) is 0 Å². The average Bonchev–Trinajstić information content (AvgIpc) is 2.17. The topological polar surface area (TPSA) is 51.8 Å². The van der Waals surface area contributed by atoms with Crippen LogP contribution in [0.3, 0.4) is 0 Å². The van der Waals surface area contributed by atoms with Gasteiger partial charge in [0.25, 0.3) is 0 Å². The molecule has 14 heavy (non-hydrogen) atoms. The minimum atomic E-state index is 0.0500. The van der Waals surface area contributed by atoms with Crippen molar-refractivity contribution in [2.45, 2.75) is 38.6 Å². The van der Waals surface area contributed by atoms with Gasteiger partial charge in [-0.15, -0.1) is 0 Å². The Hall–Kier alpha value is -0.960. The third-order valence-electron chi connectivity index (χ3n) is 3.24. The van der Waals surface area contributed by atoms with E-state index >= 15 is 0 Å². The van der Waals surface area contributed by atoms with Gasteiger partial charge in [0.2, 0.25) is 0 Å². The van der Waals surface area contributed by atoms with Crippen molar-refractivity contribution in [1.29, 1.82) is 0 Å². The molecule has 0 saturated heterocycles. The molecule has 3 heteroatoms. The fraction of sp³-hybridized carbons (Fsp3) is 0.636. The number of aromatic nitrogens is 2. The summed E-state index contributed by atoms with van der Waals surface area (Å²) in [5.41, 5.74) is 7.46. The van der Waals surface area contributed by atoms with Gasteiger partial charge in [0.05, 0.1) is 5.69 Å². The Kier molecular flexibility index (Phi) is 2.50. The molecular formula is C11H17N3. The smallest absolute Gasteiger partial charge is 0.0754 e. The van der Waals surface area contributed by atoms with Crippen LogP contribution in [0.5, 0.6) is 0 Å². The van der Waals surface area contributed by atoms with Gasteiger partial charge in [-0.2, -0.15) is 0 Å². The van der Waals surface area contributed by atoms with Gasteiger partial charge in [0.1, 0.15) is 0 Å². The maximum Gasteiger partial charge on any atom is 0.0754 e. The molecule has 0 amide bonds. The molecule has 1 aromatic heterocycles. The van der Waals surface area contributed by atoms with Crippen LogP contribution in [0.2, 0.25) is 0 Å². The lowest BCUT2D eigenvalue weighted by Gasteiger charge is -2.40. The highest BCUT2D eigenvalue weighted by molar-refractivity contribution is 5.03. The van der Waals surface area contributed by atoms with Gasteiger partial charge in [-0.05, 0) is 24.7 Å². The number of hydrogen-bond acceptors (Lipinski definition) is 3. The van der Waals surface area contributed by atoms with Crippen LogP contribution < -0.4 is 5.73 Å². The molecule has 2 rings (SSSR count). The second kappa shape index (κ2) is 3.65. The number of hydrogen-bond donors (Lipinski definition) is 1. The van der Waals surface area contributed by atoms with E-state index in [1.165, 1.54) is 19.3 Å². The van der Waals surface area contributed by atoms with Crippen molar-refractivity contribution in [2.24, 2.45) is 11.1 Å².